The second kappa shape index (κ2) is 9.15. The first-order valence-corrected chi connectivity index (χ1v) is 13.2. The molecule has 172 valence electrons. The molecule has 34 heavy (non-hydrogen) atoms. The summed E-state index contributed by atoms with van der Waals surface area (Å²) in [4.78, 5) is 4.84. The zero-order valence-corrected chi connectivity index (χ0v) is 20.8. The van der Waals surface area contributed by atoms with Crippen LogP contribution in [0.25, 0.3) is 16.6 Å². The Morgan fingerprint density at radius 2 is 1.68 bits per heavy atom. The van der Waals surface area contributed by atoms with E-state index in [9.17, 15) is 8.42 Å². The monoisotopic (exact) mass is 535 g/mol. The van der Waals surface area contributed by atoms with Crippen molar-refractivity contribution in [1.29, 1.82) is 0 Å². The number of rotatable bonds is 7. The highest BCUT2D eigenvalue weighted by Crippen LogP contribution is 2.29. The molecule has 0 unspecified atom stereocenters. The molecule has 3 aromatic carbocycles. The van der Waals surface area contributed by atoms with Gasteiger partial charge in [-0.15, -0.1) is 5.10 Å². The Morgan fingerprint density at radius 1 is 0.971 bits per heavy atom. The lowest BCUT2D eigenvalue weighted by Crippen LogP contribution is -2.18. The molecule has 2 heterocycles. The highest BCUT2D eigenvalue weighted by atomic mass is 79.9. The molecular weight excluding hydrogens is 514 g/mol. The van der Waals surface area contributed by atoms with Gasteiger partial charge in [-0.1, -0.05) is 63.6 Å². The summed E-state index contributed by atoms with van der Waals surface area (Å²) in [5.74, 6) is 0.609. The summed E-state index contributed by atoms with van der Waals surface area (Å²) in [6.07, 6.45) is 1.82. The van der Waals surface area contributed by atoms with Crippen molar-refractivity contribution in [2.45, 2.75) is 35.7 Å². The summed E-state index contributed by atoms with van der Waals surface area (Å²) < 4.78 is 29.0. The summed E-state index contributed by atoms with van der Waals surface area (Å²) in [7, 11) is -3.90. The lowest BCUT2D eigenvalue weighted by Gasteiger charge is -2.16. The number of nitrogens with one attached hydrogen (secondary N) is 1. The van der Waals surface area contributed by atoms with Gasteiger partial charge in [0.2, 0.25) is 14.9 Å². The maximum Gasteiger partial charge on any atom is 0.229 e. The Morgan fingerprint density at radius 3 is 2.44 bits per heavy atom. The number of nitrogens with zero attached hydrogens (tertiary/aromatic N) is 4. The molecule has 0 saturated carbocycles. The number of para-hydroxylation sites is 1. The summed E-state index contributed by atoms with van der Waals surface area (Å²) in [6.45, 7) is 2.09. The first-order valence-electron chi connectivity index (χ1n) is 10.9. The molecule has 7 nitrogen and oxygen atoms in total. The SMILES string of the molecule is C[C@H](CCc1ccccc1)Nc1nc2c(S(=O)(=O)c3ccc(Br)cc3)nnn2c2ccccc12. The molecule has 1 atom stereocenters. The van der Waals surface area contributed by atoms with Crippen molar-refractivity contribution in [2.24, 2.45) is 0 Å². The van der Waals surface area contributed by atoms with E-state index >= 15 is 0 Å². The highest BCUT2D eigenvalue weighted by molar-refractivity contribution is 9.10. The number of fused-ring (bicyclic) bond motifs is 3. The third-order valence-corrected chi connectivity index (χ3v) is 7.89. The van der Waals surface area contributed by atoms with E-state index in [2.05, 4.69) is 50.6 Å². The number of aromatic nitrogens is 4. The van der Waals surface area contributed by atoms with E-state index in [0.717, 1.165) is 28.2 Å². The van der Waals surface area contributed by atoms with Gasteiger partial charge >= 0.3 is 0 Å². The predicted molar refractivity (Wildman–Crippen MR) is 136 cm³/mol. The first kappa shape index (κ1) is 22.5. The number of anilines is 1. The van der Waals surface area contributed by atoms with Gasteiger partial charge in [-0.05, 0) is 61.7 Å². The fraction of sp³-hybridized carbons (Fsp3) is 0.160. The molecule has 0 spiro atoms. The van der Waals surface area contributed by atoms with E-state index < -0.39 is 9.84 Å². The molecule has 5 rings (SSSR count). The molecule has 0 amide bonds. The van der Waals surface area contributed by atoms with Gasteiger partial charge in [0, 0.05) is 15.9 Å². The normalized spacial score (nSPS) is 12.8. The smallest absolute Gasteiger partial charge is 0.229 e. The Hall–Kier alpha value is -3.30. The average molecular weight is 536 g/mol. The van der Waals surface area contributed by atoms with E-state index in [1.807, 2.05) is 42.5 Å². The van der Waals surface area contributed by atoms with Crippen LogP contribution in [0.5, 0.6) is 0 Å². The molecular formula is C25H22BrN5O2S. The minimum Gasteiger partial charge on any atom is -0.367 e. The largest absolute Gasteiger partial charge is 0.367 e. The standard InChI is InChI=1S/C25H22BrN5O2S/c1-17(11-12-18-7-3-2-4-8-18)27-23-21-9-5-6-10-22(21)31-24(28-23)25(29-30-31)34(32,33)20-15-13-19(26)14-16-20/h2-10,13-17H,11-12H2,1H3,(H,27,28)/t17-/m1/s1. The maximum absolute atomic E-state index is 13.4. The Kier molecular flexibility index (Phi) is 6.05. The highest BCUT2D eigenvalue weighted by Gasteiger charge is 2.27. The molecule has 9 heteroatoms. The fourth-order valence-corrected chi connectivity index (χ4v) is 5.39. The van der Waals surface area contributed by atoms with Crippen LogP contribution in [-0.2, 0) is 16.3 Å². The van der Waals surface area contributed by atoms with Crippen molar-refractivity contribution in [3.63, 3.8) is 0 Å². The minimum atomic E-state index is -3.90. The van der Waals surface area contributed by atoms with Crippen molar-refractivity contribution in [1.82, 2.24) is 19.8 Å². The number of halogens is 1. The molecule has 0 aliphatic rings. The summed E-state index contributed by atoms with van der Waals surface area (Å²) >= 11 is 3.34. The second-order valence-electron chi connectivity index (χ2n) is 8.13. The number of sulfone groups is 1. The van der Waals surface area contributed by atoms with Crippen LogP contribution in [0.4, 0.5) is 5.82 Å². The second-order valence-corrected chi connectivity index (χ2v) is 10.9. The van der Waals surface area contributed by atoms with Gasteiger partial charge in [-0.25, -0.2) is 13.4 Å². The van der Waals surface area contributed by atoms with Gasteiger partial charge in [0.1, 0.15) is 5.82 Å². The average Bonchev–Trinajstić information content (AvgIpc) is 3.29. The molecule has 0 fully saturated rings. The molecule has 0 aliphatic heterocycles. The van der Waals surface area contributed by atoms with Gasteiger partial charge in [0.25, 0.3) is 0 Å². The molecule has 0 saturated heterocycles. The van der Waals surface area contributed by atoms with Crippen molar-refractivity contribution >= 4 is 48.1 Å². The third kappa shape index (κ3) is 4.28. The van der Waals surface area contributed by atoms with Crippen LogP contribution in [0.1, 0.15) is 18.9 Å². The van der Waals surface area contributed by atoms with E-state index in [1.54, 1.807) is 12.1 Å². The van der Waals surface area contributed by atoms with Gasteiger partial charge in [-0.2, -0.15) is 4.52 Å². The molecule has 2 aromatic heterocycles. The van der Waals surface area contributed by atoms with Crippen LogP contribution in [0, 0.1) is 0 Å². The fourth-order valence-electron chi connectivity index (χ4n) is 3.89. The summed E-state index contributed by atoms with van der Waals surface area (Å²) in [6, 6.07) is 24.5. The van der Waals surface area contributed by atoms with E-state index in [0.29, 0.717) is 5.82 Å². The van der Waals surface area contributed by atoms with E-state index in [1.165, 1.54) is 22.2 Å². The lowest BCUT2D eigenvalue weighted by molar-refractivity contribution is 0.592. The molecule has 1 N–H and O–H groups in total. The number of aryl methyl sites for hydroxylation is 1. The van der Waals surface area contributed by atoms with E-state index in [-0.39, 0.29) is 21.6 Å². The molecule has 0 aliphatic carbocycles. The summed E-state index contributed by atoms with van der Waals surface area (Å²) in [5.41, 5.74) is 2.20. The zero-order valence-electron chi connectivity index (χ0n) is 18.4. The quantitative estimate of drug-likeness (QED) is 0.304. The topological polar surface area (TPSA) is 89.2 Å². The van der Waals surface area contributed by atoms with Gasteiger partial charge < -0.3 is 5.32 Å². The van der Waals surface area contributed by atoms with Crippen molar-refractivity contribution in [3.8, 4) is 0 Å². The van der Waals surface area contributed by atoms with Crippen LogP contribution in [0.15, 0.2) is 93.3 Å². The van der Waals surface area contributed by atoms with Gasteiger partial charge in [0.05, 0.1) is 10.4 Å². The van der Waals surface area contributed by atoms with Crippen LogP contribution in [0.3, 0.4) is 0 Å². The van der Waals surface area contributed by atoms with Crippen LogP contribution >= 0.6 is 15.9 Å². The maximum atomic E-state index is 13.4. The minimum absolute atomic E-state index is 0.112. The predicted octanol–water partition coefficient (Wildman–Crippen LogP) is 5.31. The van der Waals surface area contributed by atoms with E-state index in [4.69, 9.17) is 4.98 Å². The molecule has 5 aromatic rings. The van der Waals surface area contributed by atoms with Crippen LogP contribution < -0.4 is 5.32 Å². The third-order valence-electron chi connectivity index (χ3n) is 5.69. The Labute approximate surface area is 205 Å². The van der Waals surface area contributed by atoms with Crippen molar-refractivity contribution in [3.05, 3.63) is 88.9 Å². The number of benzene rings is 3. The van der Waals surface area contributed by atoms with Gasteiger partial charge in [0.15, 0.2) is 5.65 Å². The molecule has 0 bridgehead atoms. The Balaban J connectivity index is 1.55. The first-order chi connectivity index (χ1) is 16.4. The summed E-state index contributed by atoms with van der Waals surface area (Å²) in [5, 5.41) is 12.3. The lowest BCUT2D eigenvalue weighted by atomic mass is 10.1. The van der Waals surface area contributed by atoms with Gasteiger partial charge in [-0.3, -0.25) is 0 Å². The Bertz CT molecular complexity index is 1570. The van der Waals surface area contributed by atoms with Crippen molar-refractivity contribution in [2.75, 3.05) is 5.32 Å². The van der Waals surface area contributed by atoms with Crippen LogP contribution in [-0.4, -0.2) is 34.3 Å². The zero-order chi connectivity index (χ0) is 23.7. The molecule has 0 radical (unpaired) electrons. The van der Waals surface area contributed by atoms with Crippen LogP contribution in [0.2, 0.25) is 0 Å². The number of hydrogen-bond acceptors (Lipinski definition) is 6. The number of hydrogen-bond donors (Lipinski definition) is 1. The van der Waals surface area contributed by atoms with Crippen molar-refractivity contribution < 1.29 is 8.42 Å².